The predicted molar refractivity (Wildman–Crippen MR) is 139 cm³/mol. The van der Waals surface area contributed by atoms with E-state index in [2.05, 4.69) is 28.5 Å². The minimum Gasteiger partial charge on any atom is -0.381 e. The van der Waals surface area contributed by atoms with Crippen molar-refractivity contribution in [1.82, 2.24) is 9.97 Å². The number of nitrogens with zero attached hydrogens (tertiary/aromatic N) is 3. The minimum absolute atomic E-state index is 0.0228. The van der Waals surface area contributed by atoms with E-state index >= 15 is 0 Å². The van der Waals surface area contributed by atoms with E-state index < -0.39 is 21.5 Å². The van der Waals surface area contributed by atoms with Crippen molar-refractivity contribution in [2.45, 2.75) is 75.0 Å². The fourth-order valence-corrected chi connectivity index (χ4v) is 6.76. The number of hydrogen-bond donors (Lipinski definition) is 3. The van der Waals surface area contributed by atoms with Crippen LogP contribution >= 0.6 is 11.3 Å². The van der Waals surface area contributed by atoms with E-state index in [4.69, 9.17) is 19.6 Å². The lowest BCUT2D eigenvalue weighted by molar-refractivity contribution is -0.0506. The number of aliphatic hydroxyl groups is 1. The Hall–Kier alpha value is -1.96. The van der Waals surface area contributed by atoms with Crippen LogP contribution in [0.4, 0.5) is 10.5 Å². The standard InChI is InChI=1S/C24H35N5O5S2/c1-5-33-11-12-34-14-24(4,31)21-26-13-18(35-21)36(25,32)29-22(30)28-19-15-7-6-8-17(15)27-20-16(19)9-10-23(20,2)3/h13,31H,5-12,14H2,1-4H3,(H3,25,27,28,29,30,32). The van der Waals surface area contributed by atoms with Gasteiger partial charge in [-0.2, -0.15) is 0 Å². The molecular weight excluding hydrogens is 502 g/mol. The van der Waals surface area contributed by atoms with Crippen LogP contribution in [0.15, 0.2) is 14.8 Å². The molecule has 2 unspecified atom stereocenters. The van der Waals surface area contributed by atoms with Crippen molar-refractivity contribution in [3.05, 3.63) is 33.7 Å². The Kier molecular flexibility index (Phi) is 7.84. The number of carbonyl (C=O) groups is 1. The molecule has 2 aromatic heterocycles. The molecule has 2 aliphatic carbocycles. The Morgan fingerprint density at radius 3 is 2.81 bits per heavy atom. The number of urea groups is 1. The molecule has 0 bridgehead atoms. The first-order chi connectivity index (χ1) is 16.9. The molecular formula is C24H35N5O5S2. The summed E-state index contributed by atoms with van der Waals surface area (Å²) in [4.78, 5) is 22.0. The number of carbonyl (C=O) groups excluding carboxylic acids is 1. The van der Waals surface area contributed by atoms with Gasteiger partial charge in [-0.15, -0.1) is 15.7 Å². The van der Waals surface area contributed by atoms with Crippen LogP contribution in [0.1, 0.15) is 68.1 Å². The molecule has 0 spiro atoms. The number of rotatable bonds is 9. The quantitative estimate of drug-likeness (QED) is 0.415. The fourth-order valence-electron chi connectivity index (χ4n) is 4.67. The topological polar surface area (TPSA) is 149 Å². The van der Waals surface area contributed by atoms with Crippen molar-refractivity contribution in [2.24, 2.45) is 9.50 Å². The molecule has 10 nitrogen and oxygen atoms in total. The van der Waals surface area contributed by atoms with Crippen LogP contribution in [0.5, 0.6) is 0 Å². The van der Waals surface area contributed by atoms with Crippen molar-refractivity contribution >= 4 is 33.0 Å². The van der Waals surface area contributed by atoms with E-state index in [1.807, 2.05) is 6.92 Å². The third-order valence-electron chi connectivity index (χ3n) is 6.61. The second-order valence-corrected chi connectivity index (χ2v) is 13.1. The number of amides is 2. The van der Waals surface area contributed by atoms with E-state index in [-0.39, 0.29) is 21.2 Å². The Morgan fingerprint density at radius 2 is 2.06 bits per heavy atom. The largest absolute Gasteiger partial charge is 0.381 e. The minimum atomic E-state index is -3.57. The first kappa shape index (κ1) is 27.1. The molecule has 2 heterocycles. The zero-order valence-corrected chi connectivity index (χ0v) is 22.9. The summed E-state index contributed by atoms with van der Waals surface area (Å²) >= 11 is 0.947. The first-order valence-electron chi connectivity index (χ1n) is 12.2. The maximum atomic E-state index is 13.2. The highest BCUT2D eigenvalue weighted by atomic mass is 32.2. The van der Waals surface area contributed by atoms with Crippen LogP contribution in [0, 0.1) is 0 Å². The maximum Gasteiger partial charge on any atom is 0.354 e. The van der Waals surface area contributed by atoms with Gasteiger partial charge in [-0.3, -0.25) is 4.98 Å². The lowest BCUT2D eigenvalue weighted by Crippen LogP contribution is -2.28. The van der Waals surface area contributed by atoms with Gasteiger partial charge in [-0.1, -0.05) is 13.8 Å². The van der Waals surface area contributed by atoms with E-state index in [0.29, 0.717) is 19.8 Å². The van der Waals surface area contributed by atoms with Crippen LogP contribution in [0.25, 0.3) is 0 Å². The smallest absolute Gasteiger partial charge is 0.354 e. The molecule has 12 heteroatoms. The third kappa shape index (κ3) is 5.63. The number of hydrogen-bond acceptors (Lipinski definition) is 8. The van der Waals surface area contributed by atoms with Gasteiger partial charge in [0.25, 0.3) is 0 Å². The number of nitrogens with two attached hydrogens (primary N) is 1. The Balaban J connectivity index is 1.52. The second-order valence-electron chi connectivity index (χ2n) is 10.1. The molecule has 36 heavy (non-hydrogen) atoms. The highest BCUT2D eigenvalue weighted by molar-refractivity contribution is 7.93. The van der Waals surface area contributed by atoms with E-state index in [1.54, 1.807) is 6.92 Å². The summed E-state index contributed by atoms with van der Waals surface area (Å²) in [6, 6.07) is -0.768. The number of ether oxygens (including phenoxy) is 2. The number of nitrogens with one attached hydrogen (secondary N) is 1. The average molecular weight is 538 g/mol. The number of aryl methyl sites for hydroxylation is 1. The van der Waals surface area contributed by atoms with Crippen LogP contribution in [-0.2, 0) is 49.7 Å². The molecule has 2 aliphatic rings. The molecule has 4 N–H and O–H groups in total. The van der Waals surface area contributed by atoms with Gasteiger partial charge >= 0.3 is 6.03 Å². The summed E-state index contributed by atoms with van der Waals surface area (Å²) in [5.74, 6) is 0. The SMILES string of the molecule is CCOCCOCC(C)(O)c1ncc(S(N)(=O)=NC(=O)Nc2c3c(nc4c2CCC4(C)C)CCC3)s1. The molecule has 2 aromatic rings. The molecule has 0 fully saturated rings. The summed E-state index contributed by atoms with van der Waals surface area (Å²) < 4.78 is 27.8. The number of aromatic nitrogens is 2. The van der Waals surface area contributed by atoms with Crippen molar-refractivity contribution in [3.8, 4) is 0 Å². The maximum absolute atomic E-state index is 13.2. The molecule has 0 saturated carbocycles. The normalized spacial score (nSPS) is 19.3. The van der Waals surface area contributed by atoms with Gasteiger partial charge in [-0.05, 0) is 57.1 Å². The third-order valence-corrected chi connectivity index (χ3v) is 9.74. The van der Waals surface area contributed by atoms with Gasteiger partial charge in [0.15, 0.2) is 9.92 Å². The van der Waals surface area contributed by atoms with Crippen LogP contribution < -0.4 is 10.5 Å². The number of fused-ring (bicyclic) bond motifs is 2. The van der Waals surface area contributed by atoms with Gasteiger partial charge < -0.3 is 19.9 Å². The van der Waals surface area contributed by atoms with E-state index in [9.17, 15) is 14.1 Å². The van der Waals surface area contributed by atoms with Crippen molar-refractivity contribution in [1.29, 1.82) is 0 Å². The highest BCUT2D eigenvalue weighted by Gasteiger charge is 2.36. The number of anilines is 1. The second kappa shape index (κ2) is 10.4. The summed E-state index contributed by atoms with van der Waals surface area (Å²) in [5, 5.41) is 19.9. The van der Waals surface area contributed by atoms with Crippen LogP contribution in [0.3, 0.4) is 0 Å². The Bertz CT molecular complexity index is 1260. The highest BCUT2D eigenvalue weighted by Crippen LogP contribution is 2.44. The van der Waals surface area contributed by atoms with Crippen molar-refractivity contribution < 1.29 is 23.6 Å². The van der Waals surface area contributed by atoms with Gasteiger partial charge in [-0.25, -0.2) is 19.1 Å². The lowest BCUT2D eigenvalue weighted by Gasteiger charge is -2.20. The van der Waals surface area contributed by atoms with Crippen molar-refractivity contribution in [2.75, 3.05) is 31.7 Å². The zero-order chi connectivity index (χ0) is 26.1. The summed E-state index contributed by atoms with van der Waals surface area (Å²) in [7, 11) is -3.57. The molecule has 0 aromatic carbocycles. The Labute approximate surface area is 216 Å². The molecule has 2 amide bonds. The fraction of sp³-hybridized carbons (Fsp3) is 0.625. The average Bonchev–Trinajstić information content (AvgIpc) is 3.53. The monoisotopic (exact) mass is 537 g/mol. The Morgan fingerprint density at radius 1 is 1.31 bits per heavy atom. The van der Waals surface area contributed by atoms with Gasteiger partial charge in [0.05, 0.1) is 37.4 Å². The lowest BCUT2D eigenvalue weighted by atomic mass is 9.90. The zero-order valence-electron chi connectivity index (χ0n) is 21.3. The summed E-state index contributed by atoms with van der Waals surface area (Å²) in [6.45, 7) is 9.07. The number of thiazole rings is 1. The van der Waals surface area contributed by atoms with E-state index in [1.165, 1.54) is 6.20 Å². The molecule has 198 valence electrons. The van der Waals surface area contributed by atoms with Crippen molar-refractivity contribution in [3.63, 3.8) is 0 Å². The molecule has 0 saturated heterocycles. The summed E-state index contributed by atoms with van der Waals surface area (Å²) in [6.07, 6.45) is 5.76. The first-order valence-corrected chi connectivity index (χ1v) is 14.6. The van der Waals surface area contributed by atoms with Crippen LogP contribution in [0.2, 0.25) is 0 Å². The van der Waals surface area contributed by atoms with Gasteiger partial charge in [0.2, 0.25) is 0 Å². The predicted octanol–water partition coefficient (Wildman–Crippen LogP) is 3.44. The summed E-state index contributed by atoms with van der Waals surface area (Å²) in [5.41, 5.74) is 3.38. The van der Waals surface area contributed by atoms with Gasteiger partial charge in [0, 0.05) is 17.7 Å². The molecule has 0 aliphatic heterocycles. The van der Waals surface area contributed by atoms with Crippen LogP contribution in [-0.4, -0.2) is 51.7 Å². The molecule has 0 radical (unpaired) electrons. The molecule has 4 rings (SSSR count). The molecule has 2 atom stereocenters. The van der Waals surface area contributed by atoms with E-state index in [0.717, 1.165) is 71.6 Å². The van der Waals surface area contributed by atoms with Gasteiger partial charge in [0.1, 0.15) is 14.8 Å². The number of pyridine rings is 1.